The molecule has 172 valence electrons. The van der Waals surface area contributed by atoms with Gasteiger partial charge in [0.15, 0.2) is 0 Å². The first kappa shape index (κ1) is 24.2. The van der Waals surface area contributed by atoms with Crippen molar-refractivity contribution in [3.63, 3.8) is 0 Å². The van der Waals surface area contributed by atoms with E-state index in [9.17, 15) is 5.11 Å². The molecule has 0 aromatic heterocycles. The van der Waals surface area contributed by atoms with Crippen LogP contribution in [-0.4, -0.2) is 11.7 Å². The Morgan fingerprint density at radius 3 is 1.65 bits per heavy atom. The number of hydrogen-bond donors (Lipinski definition) is 1. The Morgan fingerprint density at radius 2 is 1.09 bits per heavy atom. The molecule has 34 heavy (non-hydrogen) atoms. The highest BCUT2D eigenvalue weighted by Gasteiger charge is 2.03. The summed E-state index contributed by atoms with van der Waals surface area (Å²) in [7, 11) is 0. The number of para-hydroxylation sites is 2. The van der Waals surface area contributed by atoms with Crippen LogP contribution in [0, 0.1) is 0 Å². The summed E-state index contributed by atoms with van der Waals surface area (Å²) in [5, 5.41) is 9.63. The van der Waals surface area contributed by atoms with Crippen LogP contribution in [0.25, 0.3) is 0 Å². The normalized spacial score (nSPS) is 9.76. The number of hydrogen-bond acceptors (Lipinski definition) is 4. The van der Waals surface area contributed by atoms with E-state index in [0.717, 1.165) is 28.6 Å². The highest BCUT2D eigenvalue weighted by molar-refractivity contribution is 5.42. The van der Waals surface area contributed by atoms with Gasteiger partial charge in [-0.25, -0.2) is 0 Å². The molecule has 0 heterocycles. The highest BCUT2D eigenvalue weighted by atomic mass is 16.5. The van der Waals surface area contributed by atoms with Gasteiger partial charge < -0.3 is 19.3 Å². The molecule has 0 aliphatic rings. The summed E-state index contributed by atoms with van der Waals surface area (Å²) in [5.74, 6) is 4.19. The summed E-state index contributed by atoms with van der Waals surface area (Å²) in [6.07, 6.45) is 4.09. The molecule has 0 unspecified atom stereocenters. The van der Waals surface area contributed by atoms with Gasteiger partial charge in [-0.15, -0.1) is 6.58 Å². The minimum absolute atomic E-state index is 0.269. The first-order valence-electron chi connectivity index (χ1n) is 10.9. The Hall–Kier alpha value is -4.44. The van der Waals surface area contributed by atoms with Crippen LogP contribution in [-0.2, 0) is 6.42 Å². The van der Waals surface area contributed by atoms with Gasteiger partial charge in [0.1, 0.15) is 41.1 Å². The molecule has 0 saturated heterocycles. The molecular formula is C30H28O4. The number of ether oxygens (including phenoxy) is 3. The summed E-state index contributed by atoms with van der Waals surface area (Å²) in [6, 6.07) is 31.9. The Kier molecular flexibility index (Phi) is 9.39. The van der Waals surface area contributed by atoms with E-state index in [0.29, 0.717) is 18.8 Å². The van der Waals surface area contributed by atoms with Crippen molar-refractivity contribution >= 4 is 0 Å². The Morgan fingerprint density at radius 1 is 0.588 bits per heavy atom. The molecule has 0 aliphatic carbocycles. The lowest BCUT2D eigenvalue weighted by atomic mass is 10.1. The van der Waals surface area contributed by atoms with Crippen LogP contribution in [0.2, 0.25) is 0 Å². The Balaban J connectivity index is 0.000000191. The summed E-state index contributed by atoms with van der Waals surface area (Å²) in [5.41, 5.74) is 0.813. The number of benzene rings is 4. The van der Waals surface area contributed by atoms with Gasteiger partial charge in [0.05, 0.1) is 0 Å². The SMILES string of the molecule is C=CCOc1ccc(Oc2ccccc2)cc1.C=CCc1cc(Oc2ccccc2)ccc1O. The van der Waals surface area contributed by atoms with E-state index < -0.39 is 0 Å². The zero-order chi connectivity index (χ0) is 24.0. The van der Waals surface area contributed by atoms with E-state index >= 15 is 0 Å². The molecule has 4 aromatic carbocycles. The van der Waals surface area contributed by atoms with Crippen LogP contribution >= 0.6 is 0 Å². The maximum Gasteiger partial charge on any atom is 0.127 e. The Bertz CT molecular complexity index is 1150. The number of allylic oxidation sites excluding steroid dienone is 1. The molecule has 0 radical (unpaired) electrons. The first-order chi connectivity index (χ1) is 16.7. The van der Waals surface area contributed by atoms with Crippen LogP contribution in [0.5, 0.6) is 34.5 Å². The maximum absolute atomic E-state index is 9.63. The summed E-state index contributed by atoms with van der Waals surface area (Å²) >= 11 is 0. The van der Waals surface area contributed by atoms with Crippen molar-refractivity contribution in [1.29, 1.82) is 0 Å². The highest BCUT2D eigenvalue weighted by Crippen LogP contribution is 2.27. The topological polar surface area (TPSA) is 47.9 Å². The van der Waals surface area contributed by atoms with Crippen molar-refractivity contribution in [2.45, 2.75) is 6.42 Å². The lowest BCUT2D eigenvalue weighted by molar-refractivity contribution is 0.362. The standard InChI is InChI=1S/2C15H14O2/c1-2-12-16-13-8-10-15(11-9-13)17-14-6-4-3-5-7-14;1-2-6-12-11-14(9-10-15(12)16)17-13-7-4-3-5-8-13/h2-11H,1,12H2;2-5,7-11,16H,1,6H2. The number of rotatable bonds is 9. The monoisotopic (exact) mass is 452 g/mol. The van der Waals surface area contributed by atoms with Crippen molar-refractivity contribution < 1.29 is 19.3 Å². The van der Waals surface area contributed by atoms with Crippen LogP contribution in [0.1, 0.15) is 5.56 Å². The molecule has 1 N–H and O–H groups in total. The fourth-order valence-corrected chi connectivity index (χ4v) is 2.95. The fraction of sp³-hybridized carbons (Fsp3) is 0.0667. The molecule has 0 atom stereocenters. The average molecular weight is 453 g/mol. The van der Waals surface area contributed by atoms with Gasteiger partial charge in [0.2, 0.25) is 0 Å². The third-order valence-electron chi connectivity index (χ3n) is 4.56. The maximum atomic E-state index is 9.63. The molecule has 4 rings (SSSR count). The zero-order valence-corrected chi connectivity index (χ0v) is 19.0. The van der Waals surface area contributed by atoms with E-state index in [2.05, 4.69) is 13.2 Å². The molecule has 0 aliphatic heterocycles. The van der Waals surface area contributed by atoms with Crippen LogP contribution in [0.3, 0.4) is 0 Å². The smallest absolute Gasteiger partial charge is 0.127 e. The van der Waals surface area contributed by atoms with Crippen molar-refractivity contribution in [3.05, 3.63) is 134 Å². The lowest BCUT2D eigenvalue weighted by Gasteiger charge is -2.08. The second-order valence-corrected chi connectivity index (χ2v) is 7.18. The fourth-order valence-electron chi connectivity index (χ4n) is 2.95. The second kappa shape index (κ2) is 13.2. The predicted octanol–water partition coefficient (Wildman–Crippen LogP) is 7.96. The quantitative estimate of drug-likeness (QED) is 0.262. The summed E-state index contributed by atoms with van der Waals surface area (Å²) in [6.45, 7) is 7.77. The molecule has 0 fully saturated rings. The summed E-state index contributed by atoms with van der Waals surface area (Å²) < 4.78 is 16.7. The average Bonchev–Trinajstić information content (AvgIpc) is 2.87. The van der Waals surface area contributed by atoms with Crippen molar-refractivity contribution in [1.82, 2.24) is 0 Å². The van der Waals surface area contributed by atoms with E-state index in [1.807, 2.05) is 91.0 Å². The van der Waals surface area contributed by atoms with E-state index in [4.69, 9.17) is 14.2 Å². The van der Waals surface area contributed by atoms with Gasteiger partial charge in [-0.3, -0.25) is 0 Å². The third-order valence-corrected chi connectivity index (χ3v) is 4.56. The molecule has 0 spiro atoms. The van der Waals surface area contributed by atoms with Crippen molar-refractivity contribution in [2.75, 3.05) is 6.61 Å². The summed E-state index contributed by atoms with van der Waals surface area (Å²) in [4.78, 5) is 0. The van der Waals surface area contributed by atoms with Gasteiger partial charge in [-0.1, -0.05) is 55.1 Å². The number of aromatic hydroxyl groups is 1. The first-order valence-corrected chi connectivity index (χ1v) is 10.9. The number of phenolic OH excluding ortho intramolecular Hbond substituents is 1. The van der Waals surface area contributed by atoms with Gasteiger partial charge in [0.25, 0.3) is 0 Å². The zero-order valence-electron chi connectivity index (χ0n) is 19.0. The third kappa shape index (κ3) is 7.92. The molecule has 0 amide bonds. The van der Waals surface area contributed by atoms with E-state index in [1.165, 1.54) is 0 Å². The number of phenols is 1. The van der Waals surface area contributed by atoms with E-state index in [-0.39, 0.29) is 5.75 Å². The minimum Gasteiger partial charge on any atom is -0.508 e. The minimum atomic E-state index is 0.269. The van der Waals surface area contributed by atoms with Crippen molar-refractivity contribution in [3.8, 4) is 34.5 Å². The molecule has 0 bridgehead atoms. The van der Waals surface area contributed by atoms with Crippen molar-refractivity contribution in [2.24, 2.45) is 0 Å². The van der Waals surface area contributed by atoms with E-state index in [1.54, 1.807) is 24.3 Å². The molecule has 0 saturated carbocycles. The Labute approximate surface area is 201 Å². The van der Waals surface area contributed by atoms with Gasteiger partial charge >= 0.3 is 0 Å². The molecule has 4 heteroatoms. The predicted molar refractivity (Wildman–Crippen MR) is 137 cm³/mol. The van der Waals surface area contributed by atoms with Gasteiger partial charge in [-0.05, 0) is 73.2 Å². The molecular weight excluding hydrogens is 424 g/mol. The van der Waals surface area contributed by atoms with Crippen LogP contribution in [0.4, 0.5) is 0 Å². The van der Waals surface area contributed by atoms with Crippen LogP contribution in [0.15, 0.2) is 128 Å². The largest absolute Gasteiger partial charge is 0.508 e. The lowest BCUT2D eigenvalue weighted by Crippen LogP contribution is -1.92. The molecule has 4 aromatic rings. The van der Waals surface area contributed by atoms with Gasteiger partial charge in [-0.2, -0.15) is 0 Å². The van der Waals surface area contributed by atoms with Crippen LogP contribution < -0.4 is 14.2 Å². The molecule has 4 nitrogen and oxygen atoms in total. The van der Waals surface area contributed by atoms with Gasteiger partial charge in [0, 0.05) is 5.56 Å². The second-order valence-electron chi connectivity index (χ2n) is 7.18.